The SMILES string of the molecule is N#CC1(C(=O)O)C[C@@H]2[C@H](C1)[C@H]1CS(=O)(=O)C[C@H]21. The molecular formula is C11H13NO4S. The van der Waals surface area contributed by atoms with E-state index < -0.39 is 21.2 Å². The number of sulfone groups is 1. The van der Waals surface area contributed by atoms with Crippen LogP contribution in [0.15, 0.2) is 0 Å². The summed E-state index contributed by atoms with van der Waals surface area (Å²) in [6, 6.07) is 1.94. The van der Waals surface area contributed by atoms with Crippen LogP contribution in [0.4, 0.5) is 0 Å². The molecule has 0 aromatic rings. The second-order valence-corrected chi connectivity index (χ2v) is 7.79. The van der Waals surface area contributed by atoms with Gasteiger partial charge in [-0.25, -0.2) is 8.42 Å². The molecule has 3 rings (SSSR count). The number of carboxylic acid groups (broad SMARTS) is 1. The Morgan fingerprint density at radius 1 is 1.18 bits per heavy atom. The summed E-state index contributed by atoms with van der Waals surface area (Å²) in [4.78, 5) is 11.2. The number of carboxylic acids is 1. The van der Waals surface area contributed by atoms with Crippen molar-refractivity contribution in [2.75, 3.05) is 11.5 Å². The highest BCUT2D eigenvalue weighted by atomic mass is 32.2. The summed E-state index contributed by atoms with van der Waals surface area (Å²) >= 11 is 0. The van der Waals surface area contributed by atoms with E-state index in [1.165, 1.54) is 0 Å². The van der Waals surface area contributed by atoms with Crippen molar-refractivity contribution in [1.29, 1.82) is 5.26 Å². The van der Waals surface area contributed by atoms with E-state index in [2.05, 4.69) is 0 Å². The average Bonchev–Trinajstić information content (AvgIpc) is 2.73. The van der Waals surface area contributed by atoms with Gasteiger partial charge in [-0.3, -0.25) is 4.79 Å². The van der Waals surface area contributed by atoms with Crippen molar-refractivity contribution in [3.63, 3.8) is 0 Å². The molecule has 5 nitrogen and oxygen atoms in total. The van der Waals surface area contributed by atoms with Crippen LogP contribution in [-0.2, 0) is 14.6 Å². The van der Waals surface area contributed by atoms with Crippen molar-refractivity contribution in [1.82, 2.24) is 0 Å². The fourth-order valence-electron chi connectivity index (χ4n) is 4.08. The summed E-state index contributed by atoms with van der Waals surface area (Å²) in [5, 5.41) is 18.2. The summed E-state index contributed by atoms with van der Waals surface area (Å²) < 4.78 is 23.0. The molecule has 0 spiro atoms. The lowest BCUT2D eigenvalue weighted by Crippen LogP contribution is -2.42. The molecule has 1 heterocycles. The number of aliphatic carboxylic acids is 1. The molecule has 6 heteroatoms. The molecular weight excluding hydrogens is 242 g/mol. The molecule has 5 atom stereocenters. The molecule has 1 aliphatic heterocycles. The lowest BCUT2D eigenvalue weighted by molar-refractivity contribution is -0.145. The Morgan fingerprint density at radius 2 is 1.65 bits per heavy atom. The average molecular weight is 255 g/mol. The van der Waals surface area contributed by atoms with Crippen LogP contribution in [0.25, 0.3) is 0 Å². The van der Waals surface area contributed by atoms with Crippen LogP contribution >= 0.6 is 0 Å². The molecule has 92 valence electrons. The van der Waals surface area contributed by atoms with Gasteiger partial charge in [0.15, 0.2) is 15.3 Å². The maximum atomic E-state index is 11.5. The smallest absolute Gasteiger partial charge is 0.324 e. The highest BCUT2D eigenvalue weighted by molar-refractivity contribution is 7.91. The predicted octanol–water partition coefficient (Wildman–Crippen LogP) is 0.282. The van der Waals surface area contributed by atoms with Gasteiger partial charge in [-0.2, -0.15) is 5.26 Å². The van der Waals surface area contributed by atoms with E-state index in [1.807, 2.05) is 6.07 Å². The molecule has 2 saturated carbocycles. The monoisotopic (exact) mass is 255 g/mol. The molecule has 1 unspecified atom stereocenters. The zero-order chi connectivity index (χ0) is 12.4. The molecule has 2 aliphatic carbocycles. The van der Waals surface area contributed by atoms with Gasteiger partial charge in [-0.15, -0.1) is 0 Å². The third-order valence-corrected chi connectivity index (χ3v) is 6.67. The summed E-state index contributed by atoms with van der Waals surface area (Å²) in [7, 11) is -2.92. The van der Waals surface area contributed by atoms with E-state index in [4.69, 9.17) is 10.4 Å². The second kappa shape index (κ2) is 3.02. The molecule has 0 aromatic heterocycles. The van der Waals surface area contributed by atoms with Crippen LogP contribution in [0.3, 0.4) is 0 Å². The van der Waals surface area contributed by atoms with Crippen molar-refractivity contribution in [2.45, 2.75) is 12.8 Å². The molecule has 0 bridgehead atoms. The third-order valence-electron chi connectivity index (χ3n) is 4.88. The van der Waals surface area contributed by atoms with E-state index in [0.29, 0.717) is 12.8 Å². The Balaban J connectivity index is 1.86. The number of rotatable bonds is 1. The lowest BCUT2D eigenvalue weighted by atomic mass is 9.60. The molecule has 1 saturated heterocycles. The minimum atomic E-state index is -2.92. The Hall–Kier alpha value is -1.09. The summed E-state index contributed by atoms with van der Waals surface area (Å²) in [5.41, 5.74) is -1.26. The summed E-state index contributed by atoms with van der Waals surface area (Å²) in [5.74, 6) is -0.171. The number of hydrogen-bond donors (Lipinski definition) is 1. The first-order valence-corrected chi connectivity index (χ1v) is 7.56. The fraction of sp³-hybridized carbons (Fsp3) is 0.818. The van der Waals surface area contributed by atoms with E-state index >= 15 is 0 Å². The molecule has 3 fully saturated rings. The quantitative estimate of drug-likeness (QED) is 0.726. The van der Waals surface area contributed by atoms with E-state index in [-0.39, 0.29) is 35.2 Å². The van der Waals surface area contributed by atoms with Gasteiger partial charge >= 0.3 is 5.97 Å². The number of hydrogen-bond acceptors (Lipinski definition) is 4. The first kappa shape index (κ1) is 11.0. The number of carbonyl (C=O) groups is 1. The zero-order valence-corrected chi connectivity index (χ0v) is 9.98. The van der Waals surface area contributed by atoms with Gasteiger partial charge in [0.25, 0.3) is 0 Å². The zero-order valence-electron chi connectivity index (χ0n) is 9.17. The topological polar surface area (TPSA) is 95.2 Å². The minimum Gasteiger partial charge on any atom is -0.480 e. The highest BCUT2D eigenvalue weighted by Gasteiger charge is 2.65. The van der Waals surface area contributed by atoms with Gasteiger partial charge in [0.2, 0.25) is 0 Å². The standard InChI is InChI=1S/C11H13NO4S/c12-5-11(10(13)14)1-6-7(2-11)9-4-17(15,16)3-8(6)9/h6-9H,1-4H2,(H,13,14)/t6-,7+,8-,9-,11?/m1/s1. The first-order chi connectivity index (χ1) is 7.88. The largest absolute Gasteiger partial charge is 0.480 e. The molecule has 3 aliphatic rings. The van der Waals surface area contributed by atoms with Crippen LogP contribution in [0.2, 0.25) is 0 Å². The summed E-state index contributed by atoms with van der Waals surface area (Å²) in [6.07, 6.45) is 0.667. The molecule has 17 heavy (non-hydrogen) atoms. The van der Waals surface area contributed by atoms with Gasteiger partial charge in [0.1, 0.15) is 0 Å². The predicted molar refractivity (Wildman–Crippen MR) is 57.5 cm³/mol. The number of nitrogens with zero attached hydrogens (tertiary/aromatic N) is 1. The van der Waals surface area contributed by atoms with Crippen LogP contribution in [0.5, 0.6) is 0 Å². The van der Waals surface area contributed by atoms with Gasteiger partial charge in [0.05, 0.1) is 17.6 Å². The highest BCUT2D eigenvalue weighted by Crippen LogP contribution is 2.63. The fourth-order valence-corrected chi connectivity index (χ4v) is 6.38. The van der Waals surface area contributed by atoms with E-state index in [0.717, 1.165) is 0 Å². The van der Waals surface area contributed by atoms with Crippen molar-refractivity contribution >= 4 is 15.8 Å². The lowest BCUT2D eigenvalue weighted by Gasteiger charge is -2.43. The maximum absolute atomic E-state index is 11.5. The molecule has 0 amide bonds. The number of fused-ring (bicyclic) bond motifs is 4. The molecule has 0 radical (unpaired) electrons. The Kier molecular flexibility index (Phi) is 1.96. The van der Waals surface area contributed by atoms with Gasteiger partial charge in [0, 0.05) is 0 Å². The van der Waals surface area contributed by atoms with Crippen molar-refractivity contribution in [3.8, 4) is 6.07 Å². The van der Waals surface area contributed by atoms with E-state index in [1.54, 1.807) is 0 Å². The molecule has 1 N–H and O–H groups in total. The first-order valence-electron chi connectivity index (χ1n) is 5.74. The van der Waals surface area contributed by atoms with Crippen molar-refractivity contribution in [2.24, 2.45) is 29.1 Å². The van der Waals surface area contributed by atoms with Gasteiger partial charge in [-0.05, 0) is 36.5 Å². The Morgan fingerprint density at radius 3 is 2.00 bits per heavy atom. The van der Waals surface area contributed by atoms with Crippen molar-refractivity contribution in [3.05, 3.63) is 0 Å². The molecule has 0 aromatic carbocycles. The third kappa shape index (κ3) is 1.29. The number of nitriles is 1. The summed E-state index contributed by atoms with van der Waals surface area (Å²) in [6.45, 7) is 0. The van der Waals surface area contributed by atoms with Gasteiger partial charge < -0.3 is 5.11 Å². The second-order valence-electron chi connectivity index (χ2n) is 5.64. The van der Waals surface area contributed by atoms with Crippen LogP contribution in [-0.4, -0.2) is 31.0 Å². The van der Waals surface area contributed by atoms with Gasteiger partial charge in [-0.1, -0.05) is 0 Å². The van der Waals surface area contributed by atoms with Crippen LogP contribution in [0, 0.1) is 40.4 Å². The van der Waals surface area contributed by atoms with Crippen LogP contribution < -0.4 is 0 Å². The Bertz CT molecular complexity index is 506. The van der Waals surface area contributed by atoms with Crippen LogP contribution in [0.1, 0.15) is 12.8 Å². The van der Waals surface area contributed by atoms with Crippen molar-refractivity contribution < 1.29 is 18.3 Å². The van der Waals surface area contributed by atoms with E-state index in [9.17, 15) is 13.2 Å². The normalized spacial score (nSPS) is 49.8. The maximum Gasteiger partial charge on any atom is 0.324 e. The Labute approximate surface area is 99.3 Å². The minimum absolute atomic E-state index is 0.111.